The third-order valence-corrected chi connectivity index (χ3v) is 2.30. The predicted molar refractivity (Wildman–Crippen MR) is 62.4 cm³/mol. The fraction of sp³-hybridized carbons (Fsp3) is 0.455. The van der Waals surface area contributed by atoms with Crippen molar-refractivity contribution >= 4 is 7.12 Å². The molecule has 0 saturated heterocycles. The number of hydrogen-bond acceptors (Lipinski definition) is 3. The molecule has 3 nitrogen and oxygen atoms in total. The molecule has 0 fully saturated rings. The zero-order valence-corrected chi connectivity index (χ0v) is 9.13. The quantitative estimate of drug-likeness (QED) is 0.683. The van der Waals surface area contributed by atoms with Gasteiger partial charge in [-0.05, 0) is 31.9 Å². The van der Waals surface area contributed by atoms with Crippen LogP contribution >= 0.6 is 0 Å². The molecule has 15 heavy (non-hydrogen) atoms. The van der Waals surface area contributed by atoms with Crippen molar-refractivity contribution in [3.05, 3.63) is 35.9 Å². The van der Waals surface area contributed by atoms with Gasteiger partial charge in [0.2, 0.25) is 0 Å². The fourth-order valence-electron chi connectivity index (χ4n) is 1.52. The van der Waals surface area contributed by atoms with Crippen molar-refractivity contribution in [2.75, 3.05) is 13.6 Å². The van der Waals surface area contributed by atoms with E-state index in [1.54, 1.807) is 0 Å². The maximum Gasteiger partial charge on any atom is 0.451 e. The summed E-state index contributed by atoms with van der Waals surface area (Å²) in [4.78, 5) is 2.18. The van der Waals surface area contributed by atoms with Crippen LogP contribution in [0.2, 0.25) is 6.32 Å². The highest BCUT2D eigenvalue weighted by Gasteiger charge is 2.06. The number of nitrogens with zero attached hydrogens (tertiary/aromatic N) is 1. The normalized spacial score (nSPS) is 10.7. The molecule has 0 saturated carbocycles. The van der Waals surface area contributed by atoms with E-state index in [1.807, 2.05) is 25.2 Å². The van der Waals surface area contributed by atoms with E-state index in [-0.39, 0.29) is 0 Å². The molecule has 0 heterocycles. The zero-order chi connectivity index (χ0) is 11.1. The summed E-state index contributed by atoms with van der Waals surface area (Å²) in [6.45, 7) is 1.79. The highest BCUT2D eigenvalue weighted by atomic mass is 16.4. The van der Waals surface area contributed by atoms with Gasteiger partial charge in [-0.3, -0.25) is 0 Å². The Morgan fingerprint density at radius 1 is 1.20 bits per heavy atom. The molecule has 0 amide bonds. The van der Waals surface area contributed by atoms with E-state index in [0.717, 1.165) is 19.5 Å². The number of hydrogen-bond donors (Lipinski definition) is 2. The van der Waals surface area contributed by atoms with E-state index in [1.165, 1.54) is 5.56 Å². The first-order valence-electron chi connectivity index (χ1n) is 5.27. The first kappa shape index (κ1) is 12.2. The highest BCUT2D eigenvalue weighted by molar-refractivity contribution is 6.40. The van der Waals surface area contributed by atoms with E-state index >= 15 is 0 Å². The van der Waals surface area contributed by atoms with Crippen LogP contribution in [-0.4, -0.2) is 35.7 Å². The Morgan fingerprint density at radius 2 is 1.87 bits per heavy atom. The molecule has 0 spiro atoms. The molecule has 0 unspecified atom stereocenters. The lowest BCUT2D eigenvalue weighted by Crippen LogP contribution is -2.21. The lowest BCUT2D eigenvalue weighted by Gasteiger charge is -2.16. The van der Waals surface area contributed by atoms with Gasteiger partial charge in [-0.2, -0.15) is 0 Å². The van der Waals surface area contributed by atoms with Gasteiger partial charge in [-0.1, -0.05) is 30.3 Å². The molecule has 0 bridgehead atoms. The second kappa shape index (κ2) is 6.61. The monoisotopic (exact) mass is 207 g/mol. The van der Waals surface area contributed by atoms with Gasteiger partial charge >= 0.3 is 7.12 Å². The van der Waals surface area contributed by atoms with Gasteiger partial charge < -0.3 is 14.9 Å². The Balaban J connectivity index is 2.21. The van der Waals surface area contributed by atoms with Gasteiger partial charge in [0.15, 0.2) is 0 Å². The van der Waals surface area contributed by atoms with Crippen LogP contribution in [0.3, 0.4) is 0 Å². The molecule has 2 N–H and O–H groups in total. The summed E-state index contributed by atoms with van der Waals surface area (Å²) < 4.78 is 0. The zero-order valence-electron chi connectivity index (χ0n) is 9.13. The summed E-state index contributed by atoms with van der Waals surface area (Å²) in [5.41, 5.74) is 1.28. The first-order chi connectivity index (χ1) is 7.18. The highest BCUT2D eigenvalue weighted by Crippen LogP contribution is 2.04. The molecule has 1 rings (SSSR count). The van der Waals surface area contributed by atoms with Crippen molar-refractivity contribution in [3.8, 4) is 0 Å². The first-order valence-corrected chi connectivity index (χ1v) is 5.27. The van der Waals surface area contributed by atoms with Crippen molar-refractivity contribution in [1.82, 2.24) is 4.90 Å². The van der Waals surface area contributed by atoms with Crippen LogP contribution in [0.1, 0.15) is 12.0 Å². The summed E-state index contributed by atoms with van der Waals surface area (Å²) in [5.74, 6) is 0. The van der Waals surface area contributed by atoms with Crippen LogP contribution in [-0.2, 0) is 6.54 Å². The van der Waals surface area contributed by atoms with Gasteiger partial charge in [0.25, 0.3) is 0 Å². The van der Waals surface area contributed by atoms with E-state index in [2.05, 4.69) is 17.0 Å². The van der Waals surface area contributed by atoms with Gasteiger partial charge in [-0.15, -0.1) is 0 Å². The largest absolute Gasteiger partial charge is 0.451 e. The maximum atomic E-state index is 8.69. The van der Waals surface area contributed by atoms with E-state index in [4.69, 9.17) is 10.0 Å². The van der Waals surface area contributed by atoms with Crippen molar-refractivity contribution in [2.24, 2.45) is 0 Å². The number of rotatable bonds is 6. The summed E-state index contributed by atoms with van der Waals surface area (Å²) in [5, 5.41) is 17.4. The Hall–Kier alpha value is -0.835. The smallest absolute Gasteiger partial charge is 0.427 e. The van der Waals surface area contributed by atoms with Crippen molar-refractivity contribution < 1.29 is 10.0 Å². The number of benzene rings is 1. The lowest BCUT2D eigenvalue weighted by molar-refractivity contribution is 0.320. The summed E-state index contributed by atoms with van der Waals surface area (Å²) >= 11 is 0. The lowest BCUT2D eigenvalue weighted by atomic mass is 9.84. The Labute approximate surface area is 91.5 Å². The maximum absolute atomic E-state index is 8.69. The molecule has 1 aromatic carbocycles. The Bertz CT molecular complexity index is 267. The Morgan fingerprint density at radius 3 is 2.47 bits per heavy atom. The fourth-order valence-corrected chi connectivity index (χ4v) is 1.52. The van der Waals surface area contributed by atoms with Crippen LogP contribution in [0.25, 0.3) is 0 Å². The minimum Gasteiger partial charge on any atom is -0.427 e. The molecule has 0 aliphatic heterocycles. The summed E-state index contributed by atoms with van der Waals surface area (Å²) in [7, 11) is 0.867. The molecule has 4 heteroatoms. The minimum absolute atomic E-state index is 0.444. The molecule has 1 aromatic rings. The molecule has 0 radical (unpaired) electrons. The average molecular weight is 207 g/mol. The van der Waals surface area contributed by atoms with E-state index < -0.39 is 7.12 Å². The van der Waals surface area contributed by atoms with Crippen molar-refractivity contribution in [3.63, 3.8) is 0 Å². The van der Waals surface area contributed by atoms with Crippen molar-refractivity contribution in [1.29, 1.82) is 0 Å². The predicted octanol–water partition coefficient (Wildman–Crippen LogP) is 0.981. The third-order valence-electron chi connectivity index (χ3n) is 2.30. The molecule has 82 valence electrons. The molecular weight excluding hydrogens is 189 g/mol. The van der Waals surface area contributed by atoms with Gasteiger partial charge in [0.05, 0.1) is 0 Å². The van der Waals surface area contributed by atoms with Gasteiger partial charge in [-0.25, -0.2) is 0 Å². The SMILES string of the molecule is CN(CCCB(O)O)Cc1ccccc1. The molecule has 0 aliphatic rings. The third kappa shape index (κ3) is 5.57. The van der Waals surface area contributed by atoms with Crippen LogP contribution in [0.15, 0.2) is 30.3 Å². The van der Waals surface area contributed by atoms with Gasteiger partial charge in [0.1, 0.15) is 0 Å². The molecular formula is C11H18BNO2. The second-order valence-electron chi connectivity index (χ2n) is 3.85. The molecule has 0 atom stereocenters. The van der Waals surface area contributed by atoms with E-state index in [9.17, 15) is 0 Å². The standard InChI is InChI=1S/C11H18BNO2/c1-13(9-5-8-12(14)15)10-11-6-3-2-4-7-11/h2-4,6-7,14-15H,5,8-10H2,1H3. The van der Waals surface area contributed by atoms with Gasteiger partial charge in [0, 0.05) is 6.54 Å². The van der Waals surface area contributed by atoms with Crippen LogP contribution in [0.4, 0.5) is 0 Å². The van der Waals surface area contributed by atoms with Crippen LogP contribution < -0.4 is 0 Å². The average Bonchev–Trinajstić information content (AvgIpc) is 2.18. The molecule has 0 aromatic heterocycles. The topological polar surface area (TPSA) is 43.7 Å². The minimum atomic E-state index is -1.17. The Kier molecular flexibility index (Phi) is 5.39. The van der Waals surface area contributed by atoms with Crippen LogP contribution in [0.5, 0.6) is 0 Å². The van der Waals surface area contributed by atoms with Crippen LogP contribution in [0, 0.1) is 0 Å². The summed E-state index contributed by atoms with van der Waals surface area (Å²) in [6, 6.07) is 10.3. The summed E-state index contributed by atoms with van der Waals surface area (Å²) in [6.07, 6.45) is 1.25. The second-order valence-corrected chi connectivity index (χ2v) is 3.85. The van der Waals surface area contributed by atoms with E-state index in [0.29, 0.717) is 6.32 Å². The van der Waals surface area contributed by atoms with Crippen molar-refractivity contribution in [2.45, 2.75) is 19.3 Å². The molecule has 0 aliphatic carbocycles.